The zero-order valence-corrected chi connectivity index (χ0v) is 19.4. The second-order valence-corrected chi connectivity index (χ2v) is 9.04. The molecule has 11 nitrogen and oxygen atoms in total. The molecule has 0 bridgehead atoms. The van der Waals surface area contributed by atoms with Crippen LogP contribution in [-0.2, 0) is 28.7 Å². The van der Waals surface area contributed by atoms with Gasteiger partial charge in [0.25, 0.3) is 0 Å². The fourth-order valence-electron chi connectivity index (χ4n) is 2.41. The van der Waals surface area contributed by atoms with Gasteiger partial charge in [-0.1, -0.05) is 27.7 Å². The first-order chi connectivity index (χ1) is 14.0. The summed E-state index contributed by atoms with van der Waals surface area (Å²) in [6, 6.07) is -3.15. The van der Waals surface area contributed by atoms with Crippen LogP contribution in [0.5, 0.6) is 0 Å². The quantitative estimate of drug-likeness (QED) is 0.252. The van der Waals surface area contributed by atoms with E-state index >= 15 is 0 Å². The van der Waals surface area contributed by atoms with Crippen molar-refractivity contribution >= 4 is 29.6 Å². The largest absolute Gasteiger partial charge is 0.460 e. The summed E-state index contributed by atoms with van der Waals surface area (Å²) in [6.07, 6.45) is -0.474. The number of ether oxygens (including phenoxy) is 1. The molecular formula is C20H37N5O6. The lowest BCUT2D eigenvalue weighted by Gasteiger charge is -2.27. The highest BCUT2D eigenvalue weighted by molar-refractivity contribution is 5.95. The number of esters is 1. The van der Waals surface area contributed by atoms with Crippen LogP contribution in [0.1, 0.15) is 54.9 Å². The fourth-order valence-corrected chi connectivity index (χ4v) is 2.41. The third-order valence-electron chi connectivity index (χ3n) is 4.13. The average molecular weight is 444 g/mol. The second kappa shape index (κ2) is 12.2. The molecule has 0 aromatic carbocycles. The van der Waals surface area contributed by atoms with Crippen molar-refractivity contribution < 1.29 is 28.7 Å². The molecule has 4 amide bonds. The summed E-state index contributed by atoms with van der Waals surface area (Å²) < 4.78 is 5.21. The summed E-state index contributed by atoms with van der Waals surface area (Å²) >= 11 is 0. The van der Waals surface area contributed by atoms with Crippen molar-refractivity contribution in [2.75, 3.05) is 6.54 Å². The maximum absolute atomic E-state index is 12.8. The van der Waals surface area contributed by atoms with Crippen LogP contribution in [0.2, 0.25) is 0 Å². The van der Waals surface area contributed by atoms with Crippen LogP contribution >= 0.6 is 0 Å². The minimum Gasteiger partial charge on any atom is -0.460 e. The molecule has 178 valence electrons. The molecule has 0 saturated carbocycles. The van der Waals surface area contributed by atoms with E-state index in [9.17, 15) is 24.0 Å². The summed E-state index contributed by atoms with van der Waals surface area (Å²) in [5, 5.41) is 7.29. The van der Waals surface area contributed by atoms with E-state index in [1.165, 1.54) is 0 Å². The first-order valence-electron chi connectivity index (χ1n) is 10.2. The van der Waals surface area contributed by atoms with Crippen LogP contribution in [0.25, 0.3) is 0 Å². The van der Waals surface area contributed by atoms with Crippen LogP contribution < -0.4 is 27.4 Å². The lowest BCUT2D eigenvalue weighted by atomic mass is 10.00. The van der Waals surface area contributed by atoms with Gasteiger partial charge in [-0.2, -0.15) is 0 Å². The van der Waals surface area contributed by atoms with Gasteiger partial charge in [-0.3, -0.25) is 24.0 Å². The highest BCUT2D eigenvalue weighted by Crippen LogP contribution is 2.11. The van der Waals surface area contributed by atoms with Crippen LogP contribution in [0.15, 0.2) is 0 Å². The Morgan fingerprint density at radius 2 is 1.42 bits per heavy atom. The monoisotopic (exact) mass is 443 g/mol. The Morgan fingerprint density at radius 1 is 0.871 bits per heavy atom. The molecule has 0 aliphatic carbocycles. The lowest BCUT2D eigenvalue weighted by Crippen LogP contribution is -2.58. The number of nitrogens with two attached hydrogens (primary N) is 2. The maximum atomic E-state index is 12.8. The molecule has 0 aliphatic rings. The molecular weight excluding hydrogens is 406 g/mol. The lowest BCUT2D eigenvalue weighted by molar-refractivity contribution is -0.156. The highest BCUT2D eigenvalue weighted by atomic mass is 16.6. The minimum absolute atomic E-state index is 0.143. The third kappa shape index (κ3) is 11.3. The molecule has 0 radical (unpaired) electrons. The molecule has 0 aliphatic heterocycles. The smallest absolute Gasteiger partial charge is 0.308 e. The summed E-state index contributed by atoms with van der Waals surface area (Å²) in [7, 11) is 0. The van der Waals surface area contributed by atoms with E-state index in [0.29, 0.717) is 0 Å². The molecule has 0 fully saturated rings. The molecule has 3 atom stereocenters. The Labute approximate surface area is 183 Å². The first kappa shape index (κ1) is 28.3. The molecule has 11 heteroatoms. The van der Waals surface area contributed by atoms with E-state index in [0.717, 1.165) is 0 Å². The average Bonchev–Trinajstić information content (AvgIpc) is 2.60. The van der Waals surface area contributed by atoms with Crippen molar-refractivity contribution in [3.05, 3.63) is 0 Å². The molecule has 0 rings (SSSR count). The standard InChI is InChI=1S/C20H37N5O6/c1-10(2)15(22)18(29)25-16(11(3)4)19(30)24-12(17(28)23-9-13(21)26)8-14(27)31-20(5,6)7/h10-12,15-16H,8-9,22H2,1-7H3,(H2,21,26)(H,23,28)(H,24,30)(H,25,29)/t12-,15-,16?/m0/s1. The van der Waals surface area contributed by atoms with Gasteiger partial charge >= 0.3 is 5.97 Å². The number of carbonyl (C=O) groups is 5. The van der Waals surface area contributed by atoms with Gasteiger partial charge < -0.3 is 32.2 Å². The molecule has 0 heterocycles. The van der Waals surface area contributed by atoms with Gasteiger partial charge in [-0.25, -0.2) is 0 Å². The molecule has 0 aromatic rings. The minimum atomic E-state index is -1.33. The van der Waals surface area contributed by atoms with Crippen molar-refractivity contribution in [3.63, 3.8) is 0 Å². The highest BCUT2D eigenvalue weighted by Gasteiger charge is 2.32. The zero-order chi connectivity index (χ0) is 24.5. The Kier molecular flexibility index (Phi) is 11.2. The van der Waals surface area contributed by atoms with Gasteiger partial charge in [-0.05, 0) is 32.6 Å². The van der Waals surface area contributed by atoms with Crippen LogP contribution in [0.4, 0.5) is 0 Å². The predicted octanol–water partition coefficient (Wildman–Crippen LogP) is -1.07. The number of nitrogens with one attached hydrogen (secondary N) is 3. The van der Waals surface area contributed by atoms with E-state index in [1.807, 2.05) is 0 Å². The van der Waals surface area contributed by atoms with Crippen molar-refractivity contribution in [1.82, 2.24) is 16.0 Å². The molecule has 0 aromatic heterocycles. The second-order valence-electron chi connectivity index (χ2n) is 9.04. The van der Waals surface area contributed by atoms with Crippen molar-refractivity contribution in [1.29, 1.82) is 0 Å². The number of primary amides is 1. The van der Waals surface area contributed by atoms with Crippen LogP contribution in [0.3, 0.4) is 0 Å². The van der Waals surface area contributed by atoms with Gasteiger partial charge in [0.1, 0.15) is 17.7 Å². The Bertz CT molecular complexity index is 671. The first-order valence-corrected chi connectivity index (χ1v) is 10.2. The maximum Gasteiger partial charge on any atom is 0.308 e. The topological polar surface area (TPSA) is 183 Å². The molecule has 1 unspecified atom stereocenters. The van der Waals surface area contributed by atoms with Gasteiger partial charge in [0.15, 0.2) is 0 Å². The number of amides is 4. The van der Waals surface area contributed by atoms with E-state index in [2.05, 4.69) is 16.0 Å². The van der Waals surface area contributed by atoms with Gasteiger partial charge in [-0.15, -0.1) is 0 Å². The summed E-state index contributed by atoms with van der Waals surface area (Å²) in [4.78, 5) is 60.8. The van der Waals surface area contributed by atoms with E-state index in [-0.39, 0.29) is 11.8 Å². The van der Waals surface area contributed by atoms with Gasteiger partial charge in [0.05, 0.1) is 19.0 Å². The SMILES string of the molecule is CC(C)C(NC(=O)[C@@H](N)C(C)C)C(=O)N[C@@H](CC(=O)OC(C)(C)C)C(=O)NCC(N)=O. The van der Waals surface area contributed by atoms with Crippen molar-refractivity contribution in [3.8, 4) is 0 Å². The van der Waals surface area contributed by atoms with Crippen molar-refractivity contribution in [2.45, 2.75) is 78.6 Å². The summed E-state index contributed by atoms with van der Waals surface area (Å²) in [5.74, 6) is -3.96. The number of hydrogen-bond acceptors (Lipinski definition) is 7. The summed E-state index contributed by atoms with van der Waals surface area (Å²) in [6.45, 7) is 11.5. The normalized spacial score (nSPS) is 14.4. The summed E-state index contributed by atoms with van der Waals surface area (Å²) in [5.41, 5.74) is 10.1. The van der Waals surface area contributed by atoms with Crippen LogP contribution in [0, 0.1) is 11.8 Å². The molecule has 0 saturated heterocycles. The number of carbonyl (C=O) groups excluding carboxylic acids is 5. The zero-order valence-electron chi connectivity index (χ0n) is 19.4. The predicted molar refractivity (Wildman–Crippen MR) is 114 cm³/mol. The Hall–Kier alpha value is -2.69. The Balaban J connectivity index is 5.47. The number of hydrogen-bond donors (Lipinski definition) is 5. The fraction of sp³-hybridized carbons (Fsp3) is 0.750. The number of rotatable bonds is 11. The van der Waals surface area contributed by atoms with Crippen molar-refractivity contribution in [2.24, 2.45) is 23.3 Å². The molecule has 0 spiro atoms. The molecule has 7 N–H and O–H groups in total. The third-order valence-corrected chi connectivity index (χ3v) is 4.13. The van der Waals surface area contributed by atoms with Crippen LogP contribution in [-0.4, -0.2) is 59.9 Å². The Morgan fingerprint density at radius 3 is 1.84 bits per heavy atom. The molecule has 31 heavy (non-hydrogen) atoms. The van der Waals surface area contributed by atoms with E-state index in [1.54, 1.807) is 48.5 Å². The van der Waals surface area contributed by atoms with Gasteiger partial charge in [0, 0.05) is 0 Å². The van der Waals surface area contributed by atoms with E-state index in [4.69, 9.17) is 16.2 Å². The van der Waals surface area contributed by atoms with Gasteiger partial charge in [0.2, 0.25) is 23.6 Å². The van der Waals surface area contributed by atoms with E-state index < -0.39 is 66.3 Å².